The lowest BCUT2D eigenvalue weighted by Gasteiger charge is -2.22. The Morgan fingerprint density at radius 3 is 2.44 bits per heavy atom. The second-order valence-corrected chi connectivity index (χ2v) is 3.50. The number of aromatic nitrogens is 1. The van der Waals surface area contributed by atoms with Crippen molar-refractivity contribution in [3.63, 3.8) is 0 Å². The zero-order chi connectivity index (χ0) is 11.4. The Bertz CT molecular complexity index is 454. The van der Waals surface area contributed by atoms with Gasteiger partial charge in [0.2, 0.25) is 0 Å². The maximum absolute atomic E-state index is 5.69. The predicted octanol–water partition coefficient (Wildman–Crippen LogP) is 2.82. The molecular formula is C13H15N3. The van der Waals surface area contributed by atoms with Crippen LogP contribution in [0.5, 0.6) is 0 Å². The number of nitrogens with two attached hydrogens (primary N) is 1. The average Bonchev–Trinajstić information content (AvgIpc) is 2.31. The Kier molecular flexibility index (Phi) is 3.05. The van der Waals surface area contributed by atoms with Gasteiger partial charge in [-0.2, -0.15) is 0 Å². The molecule has 3 heteroatoms. The highest BCUT2D eigenvalue weighted by atomic mass is 15.2. The van der Waals surface area contributed by atoms with Gasteiger partial charge in [-0.25, -0.2) is 4.98 Å². The van der Waals surface area contributed by atoms with E-state index in [1.165, 1.54) is 0 Å². The van der Waals surface area contributed by atoms with Crippen molar-refractivity contribution in [3.05, 3.63) is 48.5 Å². The van der Waals surface area contributed by atoms with E-state index >= 15 is 0 Å². The maximum atomic E-state index is 5.69. The van der Waals surface area contributed by atoms with Crippen molar-refractivity contribution in [2.24, 2.45) is 0 Å². The highest BCUT2D eigenvalue weighted by Crippen LogP contribution is 2.23. The maximum Gasteiger partial charge on any atom is 0.135 e. The van der Waals surface area contributed by atoms with Crippen molar-refractivity contribution in [2.75, 3.05) is 17.2 Å². The lowest BCUT2D eigenvalue weighted by molar-refractivity contribution is 0.992. The van der Waals surface area contributed by atoms with Gasteiger partial charge in [-0.3, -0.25) is 0 Å². The topological polar surface area (TPSA) is 42.1 Å². The lowest BCUT2D eigenvalue weighted by Crippen LogP contribution is -2.17. The molecule has 82 valence electrons. The molecule has 0 atom stereocenters. The first-order chi connectivity index (χ1) is 7.81. The fourth-order valence-corrected chi connectivity index (χ4v) is 1.67. The summed E-state index contributed by atoms with van der Waals surface area (Å²) in [5, 5.41) is 0. The number of para-hydroxylation sites is 1. The summed E-state index contributed by atoms with van der Waals surface area (Å²) in [7, 11) is 0. The van der Waals surface area contributed by atoms with Crippen molar-refractivity contribution in [3.8, 4) is 0 Å². The van der Waals surface area contributed by atoms with E-state index in [4.69, 9.17) is 5.73 Å². The molecule has 0 saturated carbocycles. The third kappa shape index (κ3) is 2.14. The summed E-state index contributed by atoms with van der Waals surface area (Å²) in [5.41, 5.74) is 6.82. The monoisotopic (exact) mass is 213 g/mol. The van der Waals surface area contributed by atoms with Crippen LogP contribution < -0.4 is 10.6 Å². The zero-order valence-corrected chi connectivity index (χ0v) is 9.30. The molecule has 0 aliphatic rings. The number of hydrogen-bond donors (Lipinski definition) is 1. The van der Waals surface area contributed by atoms with E-state index in [0.717, 1.165) is 18.1 Å². The number of benzene rings is 1. The standard InChI is InChI=1S/C13H15N3/c1-2-16(11-7-4-3-5-8-11)13-10-6-9-12(14)15-13/h3-10H,2H2,1H3,(H2,14,15). The van der Waals surface area contributed by atoms with Gasteiger partial charge in [0.25, 0.3) is 0 Å². The second-order valence-electron chi connectivity index (χ2n) is 3.50. The largest absolute Gasteiger partial charge is 0.384 e. The normalized spacial score (nSPS) is 10.1. The van der Waals surface area contributed by atoms with Crippen molar-refractivity contribution >= 4 is 17.3 Å². The molecule has 0 unspecified atom stereocenters. The van der Waals surface area contributed by atoms with E-state index in [2.05, 4.69) is 28.9 Å². The number of nitrogens with zero attached hydrogens (tertiary/aromatic N) is 2. The van der Waals surface area contributed by atoms with Crippen LogP contribution in [0.2, 0.25) is 0 Å². The average molecular weight is 213 g/mol. The van der Waals surface area contributed by atoms with Crippen LogP contribution in [0.4, 0.5) is 17.3 Å². The first-order valence-corrected chi connectivity index (χ1v) is 5.36. The molecule has 0 bridgehead atoms. The molecule has 0 spiro atoms. The molecule has 1 aromatic carbocycles. The molecule has 2 N–H and O–H groups in total. The molecule has 0 saturated heterocycles. The van der Waals surface area contributed by atoms with E-state index < -0.39 is 0 Å². The van der Waals surface area contributed by atoms with E-state index in [-0.39, 0.29) is 0 Å². The number of pyridine rings is 1. The summed E-state index contributed by atoms with van der Waals surface area (Å²) in [4.78, 5) is 6.45. The van der Waals surface area contributed by atoms with Crippen molar-refractivity contribution in [2.45, 2.75) is 6.92 Å². The molecule has 0 aliphatic carbocycles. The highest BCUT2D eigenvalue weighted by Gasteiger charge is 2.07. The molecule has 0 fully saturated rings. The molecule has 2 aromatic rings. The minimum Gasteiger partial charge on any atom is -0.384 e. The van der Waals surface area contributed by atoms with Gasteiger partial charge < -0.3 is 10.6 Å². The van der Waals surface area contributed by atoms with E-state index in [0.29, 0.717) is 5.82 Å². The van der Waals surface area contributed by atoms with E-state index in [1.807, 2.05) is 30.3 Å². The number of rotatable bonds is 3. The van der Waals surface area contributed by atoms with Crippen LogP contribution in [0.15, 0.2) is 48.5 Å². The third-order valence-corrected chi connectivity index (χ3v) is 2.42. The summed E-state index contributed by atoms with van der Waals surface area (Å²) >= 11 is 0. The first-order valence-electron chi connectivity index (χ1n) is 5.36. The zero-order valence-electron chi connectivity index (χ0n) is 9.30. The van der Waals surface area contributed by atoms with Crippen molar-refractivity contribution in [1.29, 1.82) is 0 Å². The Balaban J connectivity index is 2.37. The number of anilines is 3. The van der Waals surface area contributed by atoms with Gasteiger partial charge in [0.05, 0.1) is 0 Å². The summed E-state index contributed by atoms with van der Waals surface area (Å²) in [6.07, 6.45) is 0. The minimum atomic E-state index is 0.548. The van der Waals surface area contributed by atoms with Gasteiger partial charge in [0.1, 0.15) is 11.6 Å². The van der Waals surface area contributed by atoms with Crippen LogP contribution in [0.3, 0.4) is 0 Å². The molecule has 0 radical (unpaired) electrons. The smallest absolute Gasteiger partial charge is 0.135 e. The molecule has 1 heterocycles. The predicted molar refractivity (Wildman–Crippen MR) is 67.8 cm³/mol. The van der Waals surface area contributed by atoms with Crippen LogP contribution in [-0.4, -0.2) is 11.5 Å². The molecule has 0 aliphatic heterocycles. The van der Waals surface area contributed by atoms with Crippen molar-refractivity contribution < 1.29 is 0 Å². The lowest BCUT2D eigenvalue weighted by atomic mass is 10.3. The van der Waals surface area contributed by atoms with Crippen LogP contribution >= 0.6 is 0 Å². The first kappa shape index (κ1) is 10.5. The van der Waals surface area contributed by atoms with Gasteiger partial charge in [-0.15, -0.1) is 0 Å². The molecular weight excluding hydrogens is 198 g/mol. The highest BCUT2D eigenvalue weighted by molar-refractivity contribution is 5.60. The van der Waals surface area contributed by atoms with Gasteiger partial charge in [0.15, 0.2) is 0 Å². The number of nitrogen functional groups attached to an aromatic ring is 1. The molecule has 16 heavy (non-hydrogen) atoms. The SMILES string of the molecule is CCN(c1ccccc1)c1cccc(N)n1. The van der Waals surface area contributed by atoms with Gasteiger partial charge >= 0.3 is 0 Å². The third-order valence-electron chi connectivity index (χ3n) is 2.42. The fraction of sp³-hybridized carbons (Fsp3) is 0.154. The Hall–Kier alpha value is -2.03. The van der Waals surface area contributed by atoms with Gasteiger partial charge in [0, 0.05) is 12.2 Å². The quantitative estimate of drug-likeness (QED) is 0.852. The summed E-state index contributed by atoms with van der Waals surface area (Å²) in [6.45, 7) is 2.96. The van der Waals surface area contributed by atoms with Crippen LogP contribution in [-0.2, 0) is 0 Å². The van der Waals surface area contributed by atoms with E-state index in [1.54, 1.807) is 6.07 Å². The summed E-state index contributed by atoms with van der Waals surface area (Å²) in [6, 6.07) is 15.8. The van der Waals surface area contributed by atoms with Crippen molar-refractivity contribution in [1.82, 2.24) is 4.98 Å². The Labute approximate surface area is 95.5 Å². The van der Waals surface area contributed by atoms with Gasteiger partial charge in [-0.05, 0) is 31.2 Å². The Morgan fingerprint density at radius 2 is 1.81 bits per heavy atom. The molecule has 1 aromatic heterocycles. The second kappa shape index (κ2) is 4.66. The fourth-order valence-electron chi connectivity index (χ4n) is 1.67. The summed E-state index contributed by atoms with van der Waals surface area (Å²) < 4.78 is 0. The minimum absolute atomic E-state index is 0.548. The summed E-state index contributed by atoms with van der Waals surface area (Å²) in [5.74, 6) is 1.43. The van der Waals surface area contributed by atoms with Crippen LogP contribution in [0.25, 0.3) is 0 Å². The Morgan fingerprint density at radius 1 is 1.06 bits per heavy atom. The molecule has 3 nitrogen and oxygen atoms in total. The van der Waals surface area contributed by atoms with E-state index in [9.17, 15) is 0 Å². The van der Waals surface area contributed by atoms with Crippen LogP contribution in [0, 0.1) is 0 Å². The van der Waals surface area contributed by atoms with Crippen LogP contribution in [0.1, 0.15) is 6.92 Å². The molecule has 2 rings (SSSR count). The number of hydrogen-bond acceptors (Lipinski definition) is 3. The van der Waals surface area contributed by atoms with Gasteiger partial charge in [-0.1, -0.05) is 24.3 Å². The molecule has 0 amide bonds.